The summed E-state index contributed by atoms with van der Waals surface area (Å²) in [5, 5.41) is 1.51. The van der Waals surface area contributed by atoms with Crippen LogP contribution in [0.3, 0.4) is 0 Å². The molecule has 9 nitrogen and oxygen atoms in total. The molecule has 0 aromatic carbocycles. The predicted octanol–water partition coefficient (Wildman–Crippen LogP) is 3.50. The minimum absolute atomic E-state index is 0.482. The highest BCUT2D eigenvalue weighted by Crippen LogP contribution is 2.27. The van der Waals surface area contributed by atoms with Gasteiger partial charge in [-0.15, -0.1) is 11.8 Å². The first kappa shape index (κ1) is 36.7. The number of ether oxygens (including phenoxy) is 1. The Morgan fingerprint density at radius 1 is 0.966 bits per heavy atom. The summed E-state index contributed by atoms with van der Waals surface area (Å²) >= 11 is 8.93. The summed E-state index contributed by atoms with van der Waals surface area (Å²) in [6.07, 6.45) is 1.25. The van der Waals surface area contributed by atoms with Gasteiger partial charge in [0.05, 0.1) is 6.61 Å². The van der Waals surface area contributed by atoms with Crippen molar-refractivity contribution < 1.29 is 34.1 Å². The maximum absolute atomic E-state index is 7.56. The summed E-state index contributed by atoms with van der Waals surface area (Å²) in [6.45, 7) is 9.41. The van der Waals surface area contributed by atoms with Crippen molar-refractivity contribution in [1.29, 1.82) is 0 Å². The Labute approximate surface area is 189 Å². The zero-order valence-corrected chi connectivity index (χ0v) is 22.4. The highest BCUT2D eigenvalue weighted by Gasteiger charge is 2.05. The maximum atomic E-state index is 7.56. The number of thioether (sulfide) groups is 1. The molecule has 0 aliphatic heterocycles. The lowest BCUT2D eigenvalue weighted by Gasteiger charge is -2.07. The summed E-state index contributed by atoms with van der Waals surface area (Å²) < 4.78 is 5.27. The molecular formula is C15H36N2O7P2S3. The van der Waals surface area contributed by atoms with Gasteiger partial charge in [0, 0.05) is 10.9 Å². The Bertz CT molecular complexity index is 563. The van der Waals surface area contributed by atoms with E-state index in [-0.39, 0.29) is 0 Å². The van der Waals surface area contributed by atoms with Crippen LogP contribution < -0.4 is 4.74 Å². The molecule has 0 spiro atoms. The number of nitrogens with zero attached hydrogens (tertiary/aromatic N) is 2. The molecule has 1 rings (SSSR count). The molecule has 1 aromatic heterocycles. The third-order valence-corrected chi connectivity index (χ3v) is 2.36. The third kappa shape index (κ3) is 52.5. The fraction of sp³-hybridized carbons (Fsp3) is 0.733. The van der Waals surface area contributed by atoms with Gasteiger partial charge in [-0.1, -0.05) is 48.0 Å². The first-order chi connectivity index (χ1) is 13.0. The van der Waals surface area contributed by atoms with Gasteiger partial charge in [-0.2, -0.15) is 4.98 Å². The minimum atomic E-state index is -3.81. The van der Waals surface area contributed by atoms with E-state index in [4.69, 9.17) is 34.1 Å². The minimum Gasteiger partial charge on any atom is -0.464 e. The fourth-order valence-corrected chi connectivity index (χ4v) is 1.86. The first-order valence-electron chi connectivity index (χ1n) is 8.75. The molecule has 176 valence electrons. The van der Waals surface area contributed by atoms with Gasteiger partial charge in [0.2, 0.25) is 0 Å². The lowest BCUT2D eigenvalue weighted by molar-refractivity contribution is 0.309. The van der Waals surface area contributed by atoms with Crippen molar-refractivity contribution >= 4 is 48.8 Å². The van der Waals surface area contributed by atoms with Gasteiger partial charge < -0.3 is 34.1 Å². The van der Waals surface area contributed by atoms with Crippen molar-refractivity contribution in [3.05, 3.63) is 11.8 Å². The van der Waals surface area contributed by atoms with Gasteiger partial charge in [-0.05, 0) is 43.5 Å². The van der Waals surface area contributed by atoms with Crippen LogP contribution in [-0.4, -0.2) is 51.2 Å². The van der Waals surface area contributed by atoms with E-state index >= 15 is 0 Å². The Balaban J connectivity index is -0.000000173. The summed E-state index contributed by atoms with van der Waals surface area (Å²) in [5.74, 6) is 0. The Morgan fingerprint density at radius 2 is 1.31 bits per heavy atom. The van der Waals surface area contributed by atoms with Gasteiger partial charge >= 0.3 is 19.4 Å². The topological polar surface area (TPSA) is 156 Å². The predicted molar refractivity (Wildman–Crippen MR) is 128 cm³/mol. The number of hydrogen-bond donors (Lipinski definition) is 6. The summed E-state index contributed by atoms with van der Waals surface area (Å²) in [4.78, 5) is 53.8. The Morgan fingerprint density at radius 3 is 1.59 bits per heavy atom. The normalized spacial score (nSPS) is 10.0. The molecule has 0 saturated carbocycles. The molecule has 0 radical (unpaired) electrons. The van der Waals surface area contributed by atoms with Crippen molar-refractivity contribution in [2.45, 2.75) is 72.1 Å². The van der Waals surface area contributed by atoms with Crippen LogP contribution in [0.15, 0.2) is 11.1 Å². The molecular weight excluding hydrogens is 478 g/mol. The van der Waals surface area contributed by atoms with Crippen LogP contribution in [0.1, 0.15) is 60.6 Å². The van der Waals surface area contributed by atoms with E-state index in [1.54, 1.807) is 11.8 Å². The fourth-order valence-electron chi connectivity index (χ4n) is 1.01. The van der Waals surface area contributed by atoms with Crippen molar-refractivity contribution in [1.82, 2.24) is 9.97 Å². The molecule has 0 amide bonds. The summed E-state index contributed by atoms with van der Waals surface area (Å²) in [6, 6.07) is 2.46. The molecule has 0 fully saturated rings. The molecule has 14 heteroatoms. The van der Waals surface area contributed by atoms with Crippen LogP contribution in [0.25, 0.3) is 0 Å². The van der Waals surface area contributed by atoms with Crippen molar-refractivity contribution in [2.24, 2.45) is 0 Å². The van der Waals surface area contributed by atoms with Gasteiger partial charge in [-0.3, -0.25) is 0 Å². The SMILES string of the molecule is CC.CCC.CCOc1nc(C)cc(SC(C)C)n1.OP(O)(O)=S.OP(O)(O)=S. The average Bonchev–Trinajstić information content (AvgIpc) is 2.45. The van der Waals surface area contributed by atoms with E-state index in [2.05, 4.69) is 61.3 Å². The number of aryl methyl sites for hydroxylation is 1. The molecule has 1 heterocycles. The van der Waals surface area contributed by atoms with E-state index in [1.165, 1.54) is 6.42 Å². The van der Waals surface area contributed by atoms with E-state index in [0.29, 0.717) is 17.9 Å². The Hall–Kier alpha value is 0.290. The summed E-state index contributed by atoms with van der Waals surface area (Å²) in [5.41, 5.74) is 0.951. The molecule has 0 aliphatic rings. The van der Waals surface area contributed by atoms with Crippen molar-refractivity contribution in [3.63, 3.8) is 0 Å². The largest absolute Gasteiger partial charge is 0.464 e. The highest BCUT2D eigenvalue weighted by molar-refractivity contribution is 8.06. The van der Waals surface area contributed by atoms with Crippen LogP contribution in [0.4, 0.5) is 0 Å². The second-order valence-electron chi connectivity index (χ2n) is 4.96. The van der Waals surface area contributed by atoms with E-state index in [0.717, 1.165) is 10.7 Å². The van der Waals surface area contributed by atoms with Crippen molar-refractivity contribution in [3.8, 4) is 6.01 Å². The molecule has 0 aliphatic carbocycles. The first-order valence-corrected chi connectivity index (χ1v) is 14.9. The zero-order valence-electron chi connectivity index (χ0n) is 18.2. The van der Waals surface area contributed by atoms with Crippen LogP contribution in [0.2, 0.25) is 0 Å². The maximum Gasteiger partial charge on any atom is 0.319 e. The van der Waals surface area contributed by atoms with Gasteiger partial charge in [0.15, 0.2) is 0 Å². The van der Waals surface area contributed by atoms with E-state index in [1.807, 2.05) is 33.8 Å². The van der Waals surface area contributed by atoms with E-state index < -0.39 is 13.4 Å². The van der Waals surface area contributed by atoms with Gasteiger partial charge in [0.1, 0.15) is 5.03 Å². The molecule has 29 heavy (non-hydrogen) atoms. The van der Waals surface area contributed by atoms with Gasteiger partial charge in [-0.25, -0.2) is 4.98 Å². The highest BCUT2D eigenvalue weighted by atomic mass is 32.5. The third-order valence-electron chi connectivity index (χ3n) is 1.44. The quantitative estimate of drug-likeness (QED) is 0.198. The monoisotopic (exact) mass is 514 g/mol. The lowest BCUT2D eigenvalue weighted by atomic mass is 10.5. The van der Waals surface area contributed by atoms with Crippen LogP contribution >= 0.6 is 25.2 Å². The average molecular weight is 515 g/mol. The van der Waals surface area contributed by atoms with E-state index in [9.17, 15) is 0 Å². The van der Waals surface area contributed by atoms with Gasteiger partial charge in [0.25, 0.3) is 0 Å². The Kier molecular flexibility index (Phi) is 27.2. The molecule has 1 aromatic rings. The van der Waals surface area contributed by atoms with Crippen LogP contribution in [0.5, 0.6) is 6.01 Å². The van der Waals surface area contributed by atoms with Crippen LogP contribution in [0, 0.1) is 6.92 Å². The molecule has 0 bridgehead atoms. The van der Waals surface area contributed by atoms with Crippen molar-refractivity contribution in [2.75, 3.05) is 6.61 Å². The standard InChI is InChI=1S/C10H16N2OS.C3H8.C2H6.2H3O3PS/c1-5-13-10-11-8(4)6-9(12-10)14-7(2)3;1-3-2;1-2;2*1-4(2,3)5/h6-7H,5H2,1-4H3;3H2,1-2H3;1-2H3;2*(H3,1,2,3,5). The second kappa shape index (κ2) is 21.5. The smallest absolute Gasteiger partial charge is 0.319 e. The number of rotatable bonds is 4. The molecule has 0 atom stereocenters. The number of aromatic nitrogens is 2. The number of hydrogen-bond acceptors (Lipinski definition) is 6. The van der Waals surface area contributed by atoms with Crippen LogP contribution in [-0.2, 0) is 23.6 Å². The molecule has 0 saturated heterocycles. The molecule has 0 unspecified atom stereocenters. The zero-order chi connectivity index (χ0) is 24.3. The second-order valence-corrected chi connectivity index (χ2v) is 11.6. The summed E-state index contributed by atoms with van der Waals surface area (Å²) in [7, 11) is 0. The molecule has 6 N–H and O–H groups in total. The lowest BCUT2D eigenvalue weighted by Crippen LogP contribution is -2.00.